The summed E-state index contributed by atoms with van der Waals surface area (Å²) in [6, 6.07) is -3.91. The Hall–Kier alpha value is -3.52. The Bertz CT molecular complexity index is 887. The number of nitrogens with zero attached hydrogens (tertiary/aromatic N) is 1. The van der Waals surface area contributed by atoms with E-state index < -0.39 is 47.9 Å². The third kappa shape index (κ3) is 9.62. The number of carboxylic acid groups (broad SMARTS) is 1. The molecule has 1 aromatic heterocycles. The maximum Gasteiger partial charge on any atom is 0.326 e. The molecule has 4 unspecified atom stereocenters. The van der Waals surface area contributed by atoms with Gasteiger partial charge in [-0.1, -0.05) is 0 Å². The summed E-state index contributed by atoms with van der Waals surface area (Å²) in [5, 5.41) is 20.2. The number of hydrogen-bond acceptors (Lipinski definition) is 8. The van der Waals surface area contributed by atoms with E-state index in [1.54, 1.807) is 0 Å². The highest BCUT2D eigenvalue weighted by Crippen LogP contribution is 2.08. The summed E-state index contributed by atoms with van der Waals surface area (Å²) in [5.74, 6) is -3.70. The maximum absolute atomic E-state index is 13.2. The van der Waals surface area contributed by atoms with Crippen LogP contribution in [0.5, 0.6) is 0 Å². The van der Waals surface area contributed by atoms with Crippen LogP contribution in [0.15, 0.2) is 12.5 Å². The largest absolute Gasteiger partial charge is 0.480 e. The van der Waals surface area contributed by atoms with Crippen LogP contribution in [0.1, 0.15) is 50.6 Å². The summed E-state index contributed by atoms with van der Waals surface area (Å²) < 4.78 is 0. The van der Waals surface area contributed by atoms with Gasteiger partial charge in [0.2, 0.25) is 23.6 Å². The number of carboxylic acids is 1. The average Bonchev–Trinajstić information content (AvgIpc) is 3.54. The van der Waals surface area contributed by atoms with Gasteiger partial charge in [0.05, 0.1) is 12.4 Å². The van der Waals surface area contributed by atoms with Crippen molar-refractivity contribution in [2.24, 2.45) is 11.5 Å². The van der Waals surface area contributed by atoms with Crippen molar-refractivity contribution in [2.45, 2.75) is 75.5 Å². The van der Waals surface area contributed by atoms with Crippen molar-refractivity contribution in [3.63, 3.8) is 0 Å². The van der Waals surface area contributed by atoms with Gasteiger partial charge in [-0.25, -0.2) is 9.78 Å². The lowest BCUT2D eigenvalue weighted by Crippen LogP contribution is -2.57. The highest BCUT2D eigenvalue weighted by atomic mass is 16.4. The van der Waals surface area contributed by atoms with E-state index in [0.717, 1.165) is 6.42 Å². The molecule has 0 bridgehead atoms. The van der Waals surface area contributed by atoms with Gasteiger partial charge in [-0.05, 0) is 51.6 Å². The Morgan fingerprint density at radius 3 is 2.36 bits per heavy atom. The number of carbonyl (C=O) groups excluding carboxylic acids is 4. The number of primary amides is 1. The van der Waals surface area contributed by atoms with Crippen molar-refractivity contribution in [3.05, 3.63) is 18.2 Å². The molecule has 1 aliphatic heterocycles. The van der Waals surface area contributed by atoms with E-state index in [1.807, 2.05) is 0 Å². The van der Waals surface area contributed by atoms with Gasteiger partial charge in [-0.3, -0.25) is 19.2 Å². The highest BCUT2D eigenvalue weighted by molar-refractivity contribution is 5.94. The summed E-state index contributed by atoms with van der Waals surface area (Å²) in [5.41, 5.74) is 11.3. The summed E-state index contributed by atoms with van der Waals surface area (Å²) in [6.45, 7) is 1.08. The number of aromatic amines is 1. The van der Waals surface area contributed by atoms with Crippen LogP contribution < -0.4 is 32.7 Å². The second kappa shape index (κ2) is 14.8. The van der Waals surface area contributed by atoms with Crippen molar-refractivity contribution in [2.75, 3.05) is 13.1 Å². The number of hydrogen-bond donors (Lipinski definition) is 8. The Morgan fingerprint density at radius 1 is 1.06 bits per heavy atom. The number of carbonyl (C=O) groups is 5. The average molecular weight is 509 g/mol. The Labute approximate surface area is 208 Å². The minimum Gasteiger partial charge on any atom is -0.480 e. The summed E-state index contributed by atoms with van der Waals surface area (Å²) >= 11 is 0. The highest BCUT2D eigenvalue weighted by Gasteiger charge is 2.32. The molecule has 1 fully saturated rings. The number of nitrogens with one attached hydrogen (secondary N) is 5. The third-order valence-electron chi connectivity index (χ3n) is 5.86. The van der Waals surface area contributed by atoms with E-state index in [2.05, 4.69) is 31.2 Å². The van der Waals surface area contributed by atoms with Crippen molar-refractivity contribution in [3.8, 4) is 0 Å². The van der Waals surface area contributed by atoms with E-state index in [4.69, 9.17) is 11.5 Å². The fraction of sp³-hybridized carbons (Fsp3) is 0.636. The van der Waals surface area contributed by atoms with E-state index >= 15 is 0 Å². The molecule has 1 aliphatic rings. The molecule has 36 heavy (non-hydrogen) atoms. The Balaban J connectivity index is 2.13. The first kappa shape index (κ1) is 28.7. The van der Waals surface area contributed by atoms with Crippen LogP contribution in [0.25, 0.3) is 0 Å². The van der Waals surface area contributed by atoms with E-state index in [-0.39, 0.29) is 31.6 Å². The minimum absolute atomic E-state index is 0.0747. The lowest BCUT2D eigenvalue weighted by atomic mass is 10.1. The summed E-state index contributed by atoms with van der Waals surface area (Å²) in [7, 11) is 0. The van der Waals surface area contributed by atoms with Crippen LogP contribution in [0.3, 0.4) is 0 Å². The molecule has 14 heteroatoms. The Morgan fingerprint density at radius 2 is 1.78 bits per heavy atom. The van der Waals surface area contributed by atoms with Gasteiger partial charge in [0.1, 0.15) is 18.1 Å². The first-order valence-corrected chi connectivity index (χ1v) is 12.0. The standard InChI is InChI=1S/C22H36N8O6/c23-8-2-1-4-16(22(35)36)29-20(33)15(6-7-18(24)31)28-21(34)17(10-13-11-25-12-27-13)30-19(32)14-5-3-9-26-14/h11-12,14-17,26H,1-10,23H2,(H2,24,31)(H,25,27)(H,28,34)(H,29,33)(H,30,32)(H,35,36). The first-order valence-electron chi connectivity index (χ1n) is 12.0. The van der Waals surface area contributed by atoms with Crippen LogP contribution in [0.2, 0.25) is 0 Å². The van der Waals surface area contributed by atoms with Gasteiger partial charge < -0.3 is 42.8 Å². The molecular weight excluding hydrogens is 472 g/mol. The molecule has 0 aromatic carbocycles. The second-order valence-corrected chi connectivity index (χ2v) is 8.74. The van der Waals surface area contributed by atoms with Crippen molar-refractivity contribution < 1.29 is 29.1 Å². The number of amides is 4. The predicted molar refractivity (Wildman–Crippen MR) is 128 cm³/mol. The zero-order valence-corrected chi connectivity index (χ0v) is 20.1. The van der Waals surface area contributed by atoms with E-state index in [1.165, 1.54) is 12.5 Å². The number of nitrogens with two attached hydrogens (primary N) is 2. The zero-order chi connectivity index (χ0) is 26.5. The van der Waals surface area contributed by atoms with Crippen molar-refractivity contribution in [1.82, 2.24) is 31.2 Å². The molecule has 10 N–H and O–H groups in total. The Kier molecular flexibility index (Phi) is 11.8. The number of aliphatic carboxylic acids is 1. The van der Waals surface area contributed by atoms with Gasteiger partial charge in [-0.2, -0.15) is 0 Å². The normalized spacial score (nSPS) is 17.5. The summed E-state index contributed by atoms with van der Waals surface area (Å²) in [4.78, 5) is 68.6. The van der Waals surface area contributed by atoms with Crippen LogP contribution in [0.4, 0.5) is 0 Å². The number of rotatable bonds is 16. The van der Waals surface area contributed by atoms with Gasteiger partial charge in [-0.15, -0.1) is 0 Å². The number of imidazole rings is 1. The molecule has 2 rings (SSSR count). The molecule has 14 nitrogen and oxygen atoms in total. The lowest BCUT2D eigenvalue weighted by molar-refractivity contribution is -0.142. The number of aromatic nitrogens is 2. The topological polar surface area (TPSA) is 234 Å². The molecule has 0 radical (unpaired) electrons. The van der Waals surface area contributed by atoms with Gasteiger partial charge >= 0.3 is 5.97 Å². The summed E-state index contributed by atoms with van der Waals surface area (Å²) in [6.07, 6.45) is 5.36. The fourth-order valence-corrected chi connectivity index (χ4v) is 3.86. The van der Waals surface area contributed by atoms with Gasteiger partial charge in [0, 0.05) is 24.7 Å². The molecule has 1 saturated heterocycles. The number of H-pyrrole nitrogens is 1. The van der Waals surface area contributed by atoms with Crippen LogP contribution in [-0.4, -0.2) is 81.9 Å². The molecule has 2 heterocycles. The number of unbranched alkanes of at least 4 members (excludes halogenated alkanes) is 1. The van der Waals surface area contributed by atoms with Crippen LogP contribution >= 0.6 is 0 Å². The molecule has 4 atom stereocenters. The predicted octanol–water partition coefficient (Wildman–Crippen LogP) is -2.36. The molecule has 0 spiro atoms. The van der Waals surface area contributed by atoms with Crippen molar-refractivity contribution in [1.29, 1.82) is 0 Å². The SMILES string of the molecule is NCCCCC(NC(=O)C(CCC(N)=O)NC(=O)C(Cc1cnc[nH]1)NC(=O)C1CCCN1)C(=O)O. The molecule has 1 aromatic rings. The molecule has 0 aliphatic carbocycles. The lowest BCUT2D eigenvalue weighted by Gasteiger charge is -2.25. The monoisotopic (exact) mass is 508 g/mol. The molecule has 4 amide bonds. The molecule has 0 saturated carbocycles. The first-order chi connectivity index (χ1) is 17.2. The third-order valence-corrected chi connectivity index (χ3v) is 5.86. The fourth-order valence-electron chi connectivity index (χ4n) is 3.86. The van der Waals surface area contributed by atoms with Gasteiger partial charge in [0.25, 0.3) is 0 Å². The van der Waals surface area contributed by atoms with Crippen LogP contribution in [0, 0.1) is 0 Å². The molecule has 200 valence electrons. The quantitative estimate of drug-likeness (QED) is 0.111. The van der Waals surface area contributed by atoms with Crippen LogP contribution in [-0.2, 0) is 30.4 Å². The minimum atomic E-state index is -1.24. The van der Waals surface area contributed by atoms with E-state index in [9.17, 15) is 29.1 Å². The second-order valence-electron chi connectivity index (χ2n) is 8.74. The maximum atomic E-state index is 13.2. The van der Waals surface area contributed by atoms with E-state index in [0.29, 0.717) is 38.0 Å². The van der Waals surface area contributed by atoms with Crippen molar-refractivity contribution >= 4 is 29.6 Å². The van der Waals surface area contributed by atoms with Gasteiger partial charge in [0.15, 0.2) is 0 Å². The zero-order valence-electron chi connectivity index (χ0n) is 20.1. The molecular formula is C22H36N8O6. The smallest absolute Gasteiger partial charge is 0.326 e.